The minimum Gasteiger partial charge on any atom is -0.371 e. The Morgan fingerprint density at radius 1 is 1.47 bits per heavy atom. The summed E-state index contributed by atoms with van der Waals surface area (Å²) in [5, 5.41) is 3.79. The highest BCUT2D eigenvalue weighted by molar-refractivity contribution is 7.00. The monoisotopic (exact) mass is 237 g/mol. The second-order valence-electron chi connectivity index (χ2n) is 2.83. The first-order valence-electron chi connectivity index (χ1n) is 4.37. The van der Waals surface area contributed by atoms with Crippen LogP contribution < -0.4 is 5.32 Å². The van der Waals surface area contributed by atoms with Crippen molar-refractivity contribution in [1.29, 1.82) is 0 Å². The number of nitrogens with zero attached hydrogens (tertiary/aromatic N) is 2. The Kier molecular flexibility index (Phi) is 3.05. The van der Waals surface area contributed by atoms with Gasteiger partial charge < -0.3 is 5.32 Å². The highest BCUT2D eigenvalue weighted by Gasteiger charge is 2.08. The van der Waals surface area contributed by atoms with Gasteiger partial charge in [0.2, 0.25) is 0 Å². The zero-order valence-corrected chi connectivity index (χ0v) is 9.61. The molecule has 0 radical (unpaired) electrons. The predicted octanol–water partition coefficient (Wildman–Crippen LogP) is 2.78. The van der Waals surface area contributed by atoms with Crippen LogP contribution in [0.15, 0.2) is 12.1 Å². The van der Waals surface area contributed by atoms with Crippen molar-refractivity contribution in [2.45, 2.75) is 6.92 Å². The molecule has 1 N–H and O–H groups in total. The molecule has 5 heteroatoms. The van der Waals surface area contributed by atoms with E-state index in [1.807, 2.05) is 12.1 Å². The maximum absolute atomic E-state index is 6.07. The minimum atomic E-state index is 0.562. The molecule has 0 aliphatic rings. The van der Waals surface area contributed by atoms with Crippen LogP contribution >= 0.6 is 23.3 Å². The second-order valence-corrected chi connectivity index (χ2v) is 3.77. The van der Waals surface area contributed by atoms with Crippen LogP contribution in [0, 0.1) is 11.8 Å². The summed E-state index contributed by atoms with van der Waals surface area (Å²) in [4.78, 5) is 0. The molecule has 1 heterocycles. The summed E-state index contributed by atoms with van der Waals surface area (Å²) in [6, 6.07) is 3.67. The van der Waals surface area contributed by atoms with Gasteiger partial charge in [-0.1, -0.05) is 17.5 Å². The molecule has 0 aliphatic carbocycles. The van der Waals surface area contributed by atoms with Gasteiger partial charge in [0.15, 0.2) is 0 Å². The van der Waals surface area contributed by atoms with Crippen molar-refractivity contribution in [2.24, 2.45) is 0 Å². The Morgan fingerprint density at radius 2 is 2.33 bits per heavy atom. The molecule has 0 atom stereocenters. The summed E-state index contributed by atoms with van der Waals surface area (Å²) in [7, 11) is 0. The zero-order chi connectivity index (χ0) is 10.7. The quantitative estimate of drug-likeness (QED) is 0.817. The Labute approximate surface area is 96.8 Å². The van der Waals surface area contributed by atoms with Crippen molar-refractivity contribution >= 4 is 40.0 Å². The molecule has 3 nitrogen and oxygen atoms in total. The molecule has 2 rings (SSSR count). The topological polar surface area (TPSA) is 37.8 Å². The Morgan fingerprint density at radius 3 is 3.13 bits per heavy atom. The van der Waals surface area contributed by atoms with E-state index < -0.39 is 0 Å². The van der Waals surface area contributed by atoms with E-state index in [-0.39, 0.29) is 0 Å². The summed E-state index contributed by atoms with van der Waals surface area (Å²) in [6.45, 7) is 2.36. The molecule has 76 valence electrons. The van der Waals surface area contributed by atoms with Gasteiger partial charge in [0, 0.05) is 0 Å². The number of hydrogen-bond acceptors (Lipinski definition) is 4. The van der Waals surface area contributed by atoms with Crippen LogP contribution in [0.25, 0.3) is 11.0 Å². The first-order valence-corrected chi connectivity index (χ1v) is 5.48. The van der Waals surface area contributed by atoms with Crippen molar-refractivity contribution in [3.63, 3.8) is 0 Å². The normalized spacial score (nSPS) is 9.73. The van der Waals surface area contributed by atoms with Crippen LogP contribution in [-0.2, 0) is 0 Å². The average molecular weight is 238 g/mol. The van der Waals surface area contributed by atoms with E-state index in [4.69, 9.17) is 11.6 Å². The molecule has 0 saturated heterocycles. The molecule has 0 spiro atoms. The van der Waals surface area contributed by atoms with Crippen molar-refractivity contribution in [1.82, 2.24) is 8.75 Å². The van der Waals surface area contributed by atoms with Crippen molar-refractivity contribution in [2.75, 3.05) is 11.9 Å². The summed E-state index contributed by atoms with van der Waals surface area (Å²) in [5.41, 5.74) is 2.48. The predicted molar refractivity (Wildman–Crippen MR) is 64.4 cm³/mol. The molecular weight excluding hydrogens is 230 g/mol. The molecule has 0 unspecified atom stereocenters. The van der Waals surface area contributed by atoms with Gasteiger partial charge in [-0.05, 0) is 19.1 Å². The van der Waals surface area contributed by atoms with Crippen LogP contribution in [0.4, 0.5) is 5.69 Å². The zero-order valence-electron chi connectivity index (χ0n) is 8.04. The van der Waals surface area contributed by atoms with Gasteiger partial charge in [-0.3, -0.25) is 0 Å². The number of hydrogen-bond donors (Lipinski definition) is 1. The van der Waals surface area contributed by atoms with Crippen LogP contribution in [0.5, 0.6) is 0 Å². The number of halogens is 1. The van der Waals surface area contributed by atoms with E-state index >= 15 is 0 Å². The highest BCUT2D eigenvalue weighted by Crippen LogP contribution is 2.29. The van der Waals surface area contributed by atoms with Crippen LogP contribution in [0.3, 0.4) is 0 Å². The van der Waals surface area contributed by atoms with Crippen LogP contribution in [-0.4, -0.2) is 15.3 Å². The maximum Gasteiger partial charge on any atom is 0.129 e. The third kappa shape index (κ3) is 2.04. The standard InChI is InChI=1S/C10H8ClN3S/c1-2-3-6-12-9-7(11)4-5-8-10(9)14-15-13-8/h4-5,12H,6H2,1H3. The van der Waals surface area contributed by atoms with E-state index in [1.165, 1.54) is 11.7 Å². The molecule has 15 heavy (non-hydrogen) atoms. The molecule has 2 aromatic rings. The number of benzene rings is 1. The Balaban J connectivity index is 2.41. The molecule has 1 aromatic carbocycles. The second kappa shape index (κ2) is 4.47. The largest absolute Gasteiger partial charge is 0.371 e. The molecule has 0 amide bonds. The third-order valence-corrected chi connectivity index (χ3v) is 2.76. The van der Waals surface area contributed by atoms with Gasteiger partial charge in [0.05, 0.1) is 29.0 Å². The van der Waals surface area contributed by atoms with Crippen molar-refractivity contribution in [3.8, 4) is 11.8 Å². The van der Waals surface area contributed by atoms with Gasteiger partial charge >= 0.3 is 0 Å². The Hall–Kier alpha value is -1.31. The summed E-state index contributed by atoms with van der Waals surface area (Å²) in [6.07, 6.45) is 0. The fourth-order valence-electron chi connectivity index (χ4n) is 1.22. The van der Waals surface area contributed by atoms with Gasteiger partial charge in [-0.15, -0.1) is 5.92 Å². The first-order chi connectivity index (χ1) is 7.33. The Bertz CT molecular complexity index is 538. The number of fused-ring (bicyclic) bond motifs is 1. The summed E-state index contributed by atoms with van der Waals surface area (Å²) < 4.78 is 8.34. The number of anilines is 1. The van der Waals surface area contributed by atoms with Gasteiger partial charge in [0.25, 0.3) is 0 Å². The van der Waals surface area contributed by atoms with Crippen molar-refractivity contribution < 1.29 is 0 Å². The maximum atomic E-state index is 6.07. The smallest absolute Gasteiger partial charge is 0.129 e. The molecular formula is C10H8ClN3S. The lowest BCUT2D eigenvalue weighted by atomic mass is 10.2. The lowest BCUT2D eigenvalue weighted by Crippen LogP contribution is -2.00. The van der Waals surface area contributed by atoms with E-state index in [2.05, 4.69) is 25.9 Å². The van der Waals surface area contributed by atoms with Crippen LogP contribution in [0.2, 0.25) is 5.02 Å². The molecule has 0 saturated carbocycles. The lowest BCUT2D eigenvalue weighted by molar-refractivity contribution is 1.38. The summed E-state index contributed by atoms with van der Waals surface area (Å²) in [5.74, 6) is 5.73. The van der Waals surface area contributed by atoms with E-state index in [1.54, 1.807) is 6.92 Å². The number of aromatic nitrogens is 2. The molecule has 1 aromatic heterocycles. The van der Waals surface area contributed by atoms with E-state index in [0.29, 0.717) is 11.6 Å². The molecule has 0 aliphatic heterocycles. The number of nitrogens with one attached hydrogen (secondary N) is 1. The summed E-state index contributed by atoms with van der Waals surface area (Å²) >= 11 is 7.25. The first kappa shape index (κ1) is 10.2. The fraction of sp³-hybridized carbons (Fsp3) is 0.200. The van der Waals surface area contributed by atoms with E-state index in [9.17, 15) is 0 Å². The molecule has 0 fully saturated rings. The van der Waals surface area contributed by atoms with Gasteiger partial charge in [-0.2, -0.15) is 8.75 Å². The van der Waals surface area contributed by atoms with E-state index in [0.717, 1.165) is 16.7 Å². The number of rotatable bonds is 2. The average Bonchev–Trinajstić information content (AvgIpc) is 2.69. The molecule has 0 bridgehead atoms. The fourth-order valence-corrected chi connectivity index (χ4v) is 1.98. The lowest BCUT2D eigenvalue weighted by Gasteiger charge is -2.04. The van der Waals surface area contributed by atoms with Crippen LogP contribution in [0.1, 0.15) is 6.92 Å². The SMILES string of the molecule is CC#CCNc1c(Cl)ccc2nsnc12. The highest BCUT2D eigenvalue weighted by atomic mass is 35.5. The minimum absolute atomic E-state index is 0.562. The van der Waals surface area contributed by atoms with Gasteiger partial charge in [0.1, 0.15) is 11.0 Å². The third-order valence-electron chi connectivity index (χ3n) is 1.91. The van der Waals surface area contributed by atoms with Gasteiger partial charge in [-0.25, -0.2) is 0 Å². The van der Waals surface area contributed by atoms with Crippen molar-refractivity contribution in [3.05, 3.63) is 17.2 Å².